The molecule has 4 aromatic rings. The Morgan fingerprint density at radius 1 is 1.12 bits per heavy atom. The van der Waals surface area contributed by atoms with Crippen LogP contribution in [0.5, 0.6) is 0 Å². The molecule has 0 amide bonds. The molecule has 6 nitrogen and oxygen atoms in total. The molecule has 0 atom stereocenters. The van der Waals surface area contributed by atoms with Gasteiger partial charge in [-0.2, -0.15) is 0 Å². The minimum absolute atomic E-state index is 0.100. The first-order valence-corrected chi connectivity index (χ1v) is 8.87. The van der Waals surface area contributed by atoms with Crippen molar-refractivity contribution < 1.29 is 18.4 Å². The van der Waals surface area contributed by atoms with Gasteiger partial charge in [0.2, 0.25) is 11.8 Å². The highest BCUT2D eigenvalue weighted by molar-refractivity contribution is 7.13. The van der Waals surface area contributed by atoms with E-state index in [9.17, 15) is 4.79 Å². The topological polar surface area (TPSA) is 78.4 Å². The van der Waals surface area contributed by atoms with Crippen LogP contribution in [-0.4, -0.2) is 22.5 Å². The van der Waals surface area contributed by atoms with Crippen molar-refractivity contribution in [1.29, 1.82) is 0 Å². The third-order valence-electron chi connectivity index (χ3n) is 3.58. The molecule has 3 aromatic heterocycles. The molecule has 7 heteroatoms. The van der Waals surface area contributed by atoms with Gasteiger partial charge < -0.3 is 13.6 Å². The summed E-state index contributed by atoms with van der Waals surface area (Å²) in [4.78, 5) is 21.5. The van der Waals surface area contributed by atoms with Crippen LogP contribution >= 0.6 is 11.3 Å². The van der Waals surface area contributed by atoms with E-state index in [4.69, 9.17) is 13.6 Å². The summed E-state index contributed by atoms with van der Waals surface area (Å²) < 4.78 is 16.4. The van der Waals surface area contributed by atoms with Gasteiger partial charge in [-0.15, -0.1) is 11.3 Å². The number of aromatic nitrogens is 2. The van der Waals surface area contributed by atoms with Crippen LogP contribution < -0.4 is 0 Å². The number of rotatable bonds is 5. The summed E-state index contributed by atoms with van der Waals surface area (Å²) in [6.07, 6.45) is 1.27. The number of carbonyl (C=O) groups excluding carboxylic acids is 1. The van der Waals surface area contributed by atoms with E-state index in [2.05, 4.69) is 9.97 Å². The van der Waals surface area contributed by atoms with Gasteiger partial charge in [0, 0.05) is 5.56 Å². The fourth-order valence-electron chi connectivity index (χ4n) is 2.43. The third-order valence-corrected chi connectivity index (χ3v) is 4.45. The molecule has 0 spiro atoms. The van der Waals surface area contributed by atoms with E-state index in [0.717, 1.165) is 10.4 Å². The monoisotopic (exact) mass is 366 g/mol. The predicted molar refractivity (Wildman–Crippen MR) is 96.7 cm³/mol. The Bertz CT molecular complexity index is 1020. The molecule has 4 rings (SSSR count). The first-order valence-electron chi connectivity index (χ1n) is 7.99. The highest BCUT2D eigenvalue weighted by atomic mass is 32.1. The molecule has 130 valence electrons. The van der Waals surface area contributed by atoms with Gasteiger partial charge in [0.25, 0.3) is 0 Å². The molecule has 0 aliphatic heterocycles. The summed E-state index contributed by atoms with van der Waals surface area (Å²) in [5, 5.41) is 1.95. The third kappa shape index (κ3) is 3.04. The van der Waals surface area contributed by atoms with Crippen LogP contribution in [0, 0.1) is 0 Å². The van der Waals surface area contributed by atoms with Gasteiger partial charge in [-0.25, -0.2) is 14.8 Å². The molecule has 3 heterocycles. The number of hydrogen-bond acceptors (Lipinski definition) is 7. The second-order valence-corrected chi connectivity index (χ2v) is 6.25. The Hall–Kier alpha value is -3.19. The van der Waals surface area contributed by atoms with Crippen LogP contribution in [0.3, 0.4) is 0 Å². The second-order valence-electron chi connectivity index (χ2n) is 5.30. The first-order chi connectivity index (χ1) is 12.8. The van der Waals surface area contributed by atoms with Gasteiger partial charge in [-0.05, 0) is 30.5 Å². The van der Waals surface area contributed by atoms with Crippen LogP contribution in [0.25, 0.3) is 33.7 Å². The first kappa shape index (κ1) is 16.3. The van der Waals surface area contributed by atoms with Crippen molar-refractivity contribution >= 4 is 17.3 Å². The number of ether oxygens (including phenoxy) is 1. The lowest BCUT2D eigenvalue weighted by Gasteiger charge is -1.95. The van der Waals surface area contributed by atoms with E-state index in [1.165, 1.54) is 17.6 Å². The van der Waals surface area contributed by atoms with Crippen molar-refractivity contribution in [2.75, 3.05) is 6.61 Å². The standard InChI is InChI=1S/C19H14N2O4S/c1-2-23-19(22)13-11-24-18(20-13)15-16(14-9-6-10-26-14)25-17(21-15)12-7-4-3-5-8-12/h3-11H,2H2,1H3. The Balaban J connectivity index is 1.80. The maximum absolute atomic E-state index is 11.8. The molecule has 26 heavy (non-hydrogen) atoms. The number of nitrogens with zero attached hydrogens (tertiary/aromatic N) is 2. The SMILES string of the molecule is CCOC(=O)c1coc(-c2nc(-c3ccccc3)oc2-c2cccs2)n1. The maximum Gasteiger partial charge on any atom is 0.360 e. The summed E-state index contributed by atoms with van der Waals surface area (Å²) in [6, 6.07) is 13.4. The highest BCUT2D eigenvalue weighted by Gasteiger charge is 2.24. The molecular weight excluding hydrogens is 352 g/mol. The Kier molecular flexibility index (Phi) is 4.37. The number of thiophene rings is 1. The smallest absolute Gasteiger partial charge is 0.360 e. The number of oxazole rings is 2. The fourth-order valence-corrected chi connectivity index (χ4v) is 3.13. The minimum atomic E-state index is -0.535. The van der Waals surface area contributed by atoms with E-state index >= 15 is 0 Å². The molecule has 0 aliphatic rings. The Morgan fingerprint density at radius 2 is 1.96 bits per heavy atom. The zero-order valence-corrected chi connectivity index (χ0v) is 14.7. The lowest BCUT2D eigenvalue weighted by molar-refractivity contribution is 0.0519. The van der Waals surface area contributed by atoms with Crippen LogP contribution in [0.2, 0.25) is 0 Å². The summed E-state index contributed by atoms with van der Waals surface area (Å²) in [6.45, 7) is 2.00. The van der Waals surface area contributed by atoms with Crippen molar-refractivity contribution in [1.82, 2.24) is 9.97 Å². The van der Waals surface area contributed by atoms with E-state index in [0.29, 0.717) is 17.3 Å². The molecule has 0 unspecified atom stereocenters. The summed E-state index contributed by atoms with van der Waals surface area (Å²) in [5.74, 6) is 0.685. The van der Waals surface area contributed by atoms with Crippen LogP contribution in [-0.2, 0) is 4.74 Å². The minimum Gasteiger partial charge on any atom is -0.461 e. The molecule has 1 aromatic carbocycles. The molecule has 0 N–H and O–H groups in total. The van der Waals surface area contributed by atoms with E-state index in [-0.39, 0.29) is 18.2 Å². The van der Waals surface area contributed by atoms with Gasteiger partial charge in [-0.3, -0.25) is 0 Å². The number of esters is 1. The zero-order chi connectivity index (χ0) is 17.9. The molecule has 0 fully saturated rings. The predicted octanol–water partition coefficient (Wildman–Crippen LogP) is 4.90. The quantitative estimate of drug-likeness (QED) is 0.467. The van der Waals surface area contributed by atoms with E-state index in [1.807, 2.05) is 47.8 Å². The lowest BCUT2D eigenvalue weighted by atomic mass is 10.2. The van der Waals surface area contributed by atoms with Gasteiger partial charge in [0.1, 0.15) is 6.26 Å². The van der Waals surface area contributed by atoms with Gasteiger partial charge in [0.05, 0.1) is 11.5 Å². The number of hydrogen-bond donors (Lipinski definition) is 0. The highest BCUT2D eigenvalue weighted by Crippen LogP contribution is 2.37. The van der Waals surface area contributed by atoms with Crippen molar-refractivity contribution in [2.24, 2.45) is 0 Å². The molecule has 0 saturated heterocycles. The largest absolute Gasteiger partial charge is 0.461 e. The maximum atomic E-state index is 11.8. The van der Waals surface area contributed by atoms with E-state index < -0.39 is 5.97 Å². The average Bonchev–Trinajstić information content (AvgIpc) is 3.41. The van der Waals surface area contributed by atoms with Crippen LogP contribution in [0.15, 0.2) is 62.9 Å². The molecule has 0 bridgehead atoms. The van der Waals surface area contributed by atoms with Crippen LogP contribution in [0.4, 0.5) is 0 Å². The lowest BCUT2D eigenvalue weighted by Crippen LogP contribution is -2.04. The van der Waals surface area contributed by atoms with Crippen molar-refractivity contribution in [3.05, 3.63) is 59.8 Å². The van der Waals surface area contributed by atoms with Crippen molar-refractivity contribution in [3.8, 4) is 33.7 Å². The molecule has 0 radical (unpaired) electrons. The van der Waals surface area contributed by atoms with Gasteiger partial charge in [0.15, 0.2) is 17.1 Å². The molecular formula is C19H14N2O4S. The summed E-state index contributed by atoms with van der Waals surface area (Å²) in [7, 11) is 0. The molecule has 0 aliphatic carbocycles. The van der Waals surface area contributed by atoms with E-state index in [1.54, 1.807) is 6.92 Å². The Morgan fingerprint density at radius 3 is 2.69 bits per heavy atom. The summed E-state index contributed by atoms with van der Waals surface area (Å²) in [5.41, 5.74) is 1.39. The van der Waals surface area contributed by atoms with Gasteiger partial charge in [-0.1, -0.05) is 24.3 Å². The van der Waals surface area contributed by atoms with Crippen molar-refractivity contribution in [3.63, 3.8) is 0 Å². The van der Waals surface area contributed by atoms with Crippen molar-refractivity contribution in [2.45, 2.75) is 6.92 Å². The normalized spacial score (nSPS) is 10.8. The summed E-state index contributed by atoms with van der Waals surface area (Å²) >= 11 is 1.52. The van der Waals surface area contributed by atoms with Gasteiger partial charge >= 0.3 is 5.97 Å². The number of benzene rings is 1. The fraction of sp³-hybridized carbons (Fsp3) is 0.105. The van der Waals surface area contributed by atoms with Crippen LogP contribution in [0.1, 0.15) is 17.4 Å². The number of carbonyl (C=O) groups is 1. The second kappa shape index (κ2) is 6.97. The zero-order valence-electron chi connectivity index (χ0n) is 13.8. The average molecular weight is 366 g/mol. The Labute approximate surface area is 153 Å². The molecule has 0 saturated carbocycles.